The summed E-state index contributed by atoms with van der Waals surface area (Å²) in [7, 11) is 0. The van der Waals surface area contributed by atoms with Crippen molar-refractivity contribution in [1.29, 1.82) is 0 Å². The van der Waals surface area contributed by atoms with Crippen molar-refractivity contribution in [3.63, 3.8) is 0 Å². The molecule has 0 aliphatic heterocycles. The summed E-state index contributed by atoms with van der Waals surface area (Å²) in [5, 5.41) is 12.4. The molecule has 0 aliphatic carbocycles. The standard InChI is InChI=1S/C16H19N3OS/c1-16(2,3)12-5-7-13(8-6-12)21-14-9-4-11(10-18-14)15(17)19-20/h4-10,20H,1-3H3,(H2,17,19). The topological polar surface area (TPSA) is 71.5 Å². The molecule has 1 aromatic heterocycles. The number of oxime groups is 1. The molecule has 0 amide bonds. The fraction of sp³-hybridized carbons (Fsp3) is 0.250. The fourth-order valence-electron chi connectivity index (χ4n) is 1.79. The number of nitrogens with two attached hydrogens (primary N) is 1. The van der Waals surface area contributed by atoms with Gasteiger partial charge in [0.05, 0.1) is 0 Å². The number of rotatable bonds is 3. The van der Waals surface area contributed by atoms with Crippen LogP contribution in [0.2, 0.25) is 0 Å². The van der Waals surface area contributed by atoms with Crippen LogP contribution in [0.15, 0.2) is 57.7 Å². The van der Waals surface area contributed by atoms with Crippen molar-refractivity contribution in [3.8, 4) is 0 Å². The Morgan fingerprint density at radius 3 is 2.29 bits per heavy atom. The van der Waals surface area contributed by atoms with E-state index in [4.69, 9.17) is 10.9 Å². The third-order valence-electron chi connectivity index (χ3n) is 3.08. The summed E-state index contributed by atoms with van der Waals surface area (Å²) in [6.07, 6.45) is 1.60. The summed E-state index contributed by atoms with van der Waals surface area (Å²) in [4.78, 5) is 5.44. The molecule has 0 radical (unpaired) electrons. The zero-order valence-electron chi connectivity index (χ0n) is 12.4. The maximum absolute atomic E-state index is 8.61. The van der Waals surface area contributed by atoms with Gasteiger partial charge in [0.25, 0.3) is 0 Å². The summed E-state index contributed by atoms with van der Waals surface area (Å²) < 4.78 is 0. The van der Waals surface area contributed by atoms with Gasteiger partial charge in [0, 0.05) is 16.7 Å². The lowest BCUT2D eigenvalue weighted by molar-refractivity contribution is 0.318. The first-order chi connectivity index (χ1) is 9.90. The molecule has 0 atom stereocenters. The molecular formula is C16H19N3OS. The van der Waals surface area contributed by atoms with Gasteiger partial charge in [-0.2, -0.15) is 0 Å². The van der Waals surface area contributed by atoms with E-state index < -0.39 is 0 Å². The molecule has 5 heteroatoms. The molecule has 1 aromatic carbocycles. The lowest BCUT2D eigenvalue weighted by Gasteiger charge is -2.18. The Morgan fingerprint density at radius 2 is 1.81 bits per heavy atom. The number of amidine groups is 1. The molecule has 0 bridgehead atoms. The third kappa shape index (κ3) is 3.98. The number of benzene rings is 1. The highest BCUT2D eigenvalue weighted by Gasteiger charge is 2.13. The Kier molecular flexibility index (Phi) is 4.53. The van der Waals surface area contributed by atoms with Crippen molar-refractivity contribution in [2.45, 2.75) is 36.1 Å². The molecule has 110 valence electrons. The molecule has 0 aliphatic rings. The quantitative estimate of drug-likeness (QED) is 0.393. The van der Waals surface area contributed by atoms with E-state index in [1.165, 1.54) is 5.56 Å². The first kappa shape index (κ1) is 15.4. The van der Waals surface area contributed by atoms with Crippen molar-refractivity contribution >= 4 is 17.6 Å². The maximum Gasteiger partial charge on any atom is 0.171 e. The maximum atomic E-state index is 8.61. The minimum atomic E-state index is 0.0635. The molecule has 0 saturated carbocycles. The SMILES string of the molecule is CC(C)(C)c1ccc(Sc2ccc(/C(N)=N/O)cn2)cc1. The number of hydrogen-bond acceptors (Lipinski definition) is 4. The molecule has 4 nitrogen and oxygen atoms in total. The van der Waals surface area contributed by atoms with Gasteiger partial charge in [0.15, 0.2) is 5.84 Å². The molecule has 3 N–H and O–H groups in total. The van der Waals surface area contributed by atoms with E-state index in [-0.39, 0.29) is 11.3 Å². The van der Waals surface area contributed by atoms with Crippen LogP contribution in [-0.2, 0) is 5.41 Å². The molecule has 0 spiro atoms. The van der Waals surface area contributed by atoms with Crippen LogP contribution in [0.3, 0.4) is 0 Å². The second-order valence-corrected chi connectivity index (χ2v) is 6.84. The van der Waals surface area contributed by atoms with E-state index >= 15 is 0 Å². The average molecular weight is 301 g/mol. The Labute approximate surface area is 129 Å². The van der Waals surface area contributed by atoms with Gasteiger partial charge in [-0.05, 0) is 35.2 Å². The second-order valence-electron chi connectivity index (χ2n) is 5.75. The van der Waals surface area contributed by atoms with Gasteiger partial charge < -0.3 is 10.9 Å². The van der Waals surface area contributed by atoms with Crippen molar-refractivity contribution in [3.05, 3.63) is 53.7 Å². The third-order valence-corrected chi connectivity index (χ3v) is 4.04. The van der Waals surface area contributed by atoms with Crippen LogP contribution in [-0.4, -0.2) is 16.0 Å². The van der Waals surface area contributed by atoms with Crippen LogP contribution in [0, 0.1) is 0 Å². The van der Waals surface area contributed by atoms with E-state index in [9.17, 15) is 0 Å². The van der Waals surface area contributed by atoms with E-state index in [2.05, 4.69) is 55.2 Å². The normalized spacial score (nSPS) is 12.4. The van der Waals surface area contributed by atoms with Gasteiger partial charge in [-0.15, -0.1) is 0 Å². The summed E-state index contributed by atoms with van der Waals surface area (Å²) in [6.45, 7) is 6.59. The molecular weight excluding hydrogens is 282 g/mol. The predicted molar refractivity (Wildman–Crippen MR) is 86.0 cm³/mol. The van der Waals surface area contributed by atoms with E-state index in [1.807, 2.05) is 6.07 Å². The van der Waals surface area contributed by atoms with Gasteiger partial charge in [-0.25, -0.2) is 4.98 Å². The number of nitrogens with zero attached hydrogens (tertiary/aromatic N) is 2. The van der Waals surface area contributed by atoms with Crippen LogP contribution in [0.4, 0.5) is 0 Å². The lowest BCUT2D eigenvalue weighted by Crippen LogP contribution is -2.13. The van der Waals surface area contributed by atoms with Gasteiger partial charge in [0.1, 0.15) is 5.03 Å². The molecule has 1 heterocycles. The van der Waals surface area contributed by atoms with Crippen LogP contribution in [0.5, 0.6) is 0 Å². The summed E-state index contributed by atoms with van der Waals surface area (Å²) in [6, 6.07) is 12.1. The highest BCUT2D eigenvalue weighted by Crippen LogP contribution is 2.29. The summed E-state index contributed by atoms with van der Waals surface area (Å²) in [5.74, 6) is 0.0635. The number of hydrogen-bond donors (Lipinski definition) is 2. The van der Waals surface area contributed by atoms with Crippen molar-refractivity contribution in [1.82, 2.24) is 4.98 Å². The van der Waals surface area contributed by atoms with E-state index in [0.717, 1.165) is 9.92 Å². The van der Waals surface area contributed by atoms with Crippen LogP contribution >= 0.6 is 11.8 Å². The van der Waals surface area contributed by atoms with Gasteiger partial charge in [0.2, 0.25) is 0 Å². The summed E-state index contributed by atoms with van der Waals surface area (Å²) in [5.41, 5.74) is 7.57. The van der Waals surface area contributed by atoms with Crippen molar-refractivity contribution in [2.24, 2.45) is 10.9 Å². The molecule has 0 saturated heterocycles. The minimum absolute atomic E-state index is 0.0635. The molecule has 2 rings (SSSR count). The molecule has 2 aromatic rings. The Bertz CT molecular complexity index is 628. The first-order valence-electron chi connectivity index (χ1n) is 6.62. The predicted octanol–water partition coefficient (Wildman–Crippen LogP) is 3.62. The minimum Gasteiger partial charge on any atom is -0.409 e. The smallest absolute Gasteiger partial charge is 0.171 e. The van der Waals surface area contributed by atoms with Crippen molar-refractivity contribution in [2.75, 3.05) is 0 Å². The van der Waals surface area contributed by atoms with Gasteiger partial charge >= 0.3 is 0 Å². The highest BCUT2D eigenvalue weighted by atomic mass is 32.2. The van der Waals surface area contributed by atoms with Crippen LogP contribution in [0.1, 0.15) is 31.9 Å². The van der Waals surface area contributed by atoms with Crippen molar-refractivity contribution < 1.29 is 5.21 Å². The monoisotopic (exact) mass is 301 g/mol. The number of pyridine rings is 1. The van der Waals surface area contributed by atoms with Gasteiger partial charge in [-0.1, -0.05) is 49.8 Å². The first-order valence-corrected chi connectivity index (χ1v) is 7.44. The zero-order chi connectivity index (χ0) is 15.5. The number of aromatic nitrogens is 1. The Hall–Kier alpha value is -2.01. The molecule has 21 heavy (non-hydrogen) atoms. The Morgan fingerprint density at radius 1 is 1.14 bits per heavy atom. The van der Waals surface area contributed by atoms with Crippen LogP contribution < -0.4 is 5.73 Å². The largest absolute Gasteiger partial charge is 0.409 e. The molecule has 0 unspecified atom stereocenters. The average Bonchev–Trinajstić information content (AvgIpc) is 2.47. The van der Waals surface area contributed by atoms with Gasteiger partial charge in [-0.3, -0.25) is 0 Å². The fourth-order valence-corrected chi connectivity index (χ4v) is 2.55. The van der Waals surface area contributed by atoms with Crippen LogP contribution in [0.25, 0.3) is 0 Å². The zero-order valence-corrected chi connectivity index (χ0v) is 13.2. The van der Waals surface area contributed by atoms with E-state index in [1.54, 1.807) is 24.0 Å². The lowest BCUT2D eigenvalue weighted by atomic mass is 9.87. The van der Waals surface area contributed by atoms with E-state index in [0.29, 0.717) is 5.56 Å². The Balaban J connectivity index is 2.11. The molecule has 0 fully saturated rings. The highest BCUT2D eigenvalue weighted by molar-refractivity contribution is 7.99. The summed E-state index contributed by atoms with van der Waals surface area (Å²) >= 11 is 1.58. The second kappa shape index (κ2) is 6.18.